The molecule has 0 aromatic heterocycles. The number of nitrogens with one attached hydrogen (secondary N) is 2. The molecule has 0 fully saturated rings. The van der Waals surface area contributed by atoms with Crippen LogP contribution in [0.1, 0.15) is 25.7 Å². The second-order valence-electron chi connectivity index (χ2n) is 8.42. The van der Waals surface area contributed by atoms with Gasteiger partial charge in [-0.25, -0.2) is 0 Å². The highest BCUT2D eigenvalue weighted by Crippen LogP contribution is 2.32. The quantitative estimate of drug-likeness (QED) is 0.352. The van der Waals surface area contributed by atoms with Crippen molar-refractivity contribution in [3.05, 3.63) is 139 Å². The second-order valence-corrected chi connectivity index (χ2v) is 8.42. The first-order valence-corrected chi connectivity index (χ1v) is 12.0. The van der Waals surface area contributed by atoms with Gasteiger partial charge in [-0.05, 0) is 85.5 Å². The molecular formula is C31H33N3O. The van der Waals surface area contributed by atoms with Crippen LogP contribution in [0.2, 0.25) is 0 Å². The van der Waals surface area contributed by atoms with Gasteiger partial charge in [0.15, 0.2) is 0 Å². The minimum atomic E-state index is 0.895. The van der Waals surface area contributed by atoms with Gasteiger partial charge < -0.3 is 20.3 Å². The number of nitrogens with zero attached hydrogens (tertiary/aromatic N) is 1. The lowest BCUT2D eigenvalue weighted by atomic mass is 9.97. The van der Waals surface area contributed by atoms with Gasteiger partial charge in [-0.3, -0.25) is 0 Å². The molecule has 0 saturated heterocycles. The average molecular weight is 464 g/mol. The van der Waals surface area contributed by atoms with Gasteiger partial charge in [0.05, 0.1) is 18.6 Å². The fourth-order valence-corrected chi connectivity index (χ4v) is 4.19. The van der Waals surface area contributed by atoms with E-state index < -0.39 is 0 Å². The van der Waals surface area contributed by atoms with Crippen molar-refractivity contribution in [1.29, 1.82) is 0 Å². The maximum absolute atomic E-state index is 5.36. The number of anilines is 3. The Labute approximate surface area is 209 Å². The van der Waals surface area contributed by atoms with Crippen molar-refractivity contribution in [3.63, 3.8) is 0 Å². The standard InChI is InChI=1S/C31H33N3O/c1-4-5-23-34(28-19-15-27(16-20-28)33-25-11-7-6-8-12-25)31-14-10-9-13-30(31)24(2)32-26-17-21-29(35-3)22-18-26/h4-8,10-12,14-17,19-21,23,32-33H,1-2,9,13,18,22H2,3H3/b23-5-. The van der Waals surface area contributed by atoms with Crippen LogP contribution in [0.3, 0.4) is 0 Å². The molecule has 2 N–H and O–H groups in total. The smallest absolute Gasteiger partial charge is 0.0959 e. The van der Waals surface area contributed by atoms with E-state index in [1.807, 2.05) is 30.4 Å². The molecule has 0 aliphatic heterocycles. The van der Waals surface area contributed by atoms with Gasteiger partial charge in [0.25, 0.3) is 0 Å². The predicted octanol–water partition coefficient (Wildman–Crippen LogP) is 7.85. The zero-order valence-electron chi connectivity index (χ0n) is 20.3. The summed E-state index contributed by atoms with van der Waals surface area (Å²) in [7, 11) is 1.72. The summed E-state index contributed by atoms with van der Waals surface area (Å²) in [6, 6.07) is 18.6. The number of rotatable bonds is 10. The van der Waals surface area contributed by atoms with E-state index in [2.05, 4.69) is 89.5 Å². The van der Waals surface area contributed by atoms with Gasteiger partial charge in [-0.2, -0.15) is 0 Å². The fourth-order valence-electron chi connectivity index (χ4n) is 4.19. The molecule has 0 spiro atoms. The lowest BCUT2D eigenvalue weighted by Gasteiger charge is -2.29. The molecule has 4 nitrogen and oxygen atoms in total. The zero-order valence-corrected chi connectivity index (χ0v) is 20.3. The summed E-state index contributed by atoms with van der Waals surface area (Å²) < 4.78 is 5.36. The monoisotopic (exact) mass is 463 g/mol. The van der Waals surface area contributed by atoms with Gasteiger partial charge in [-0.1, -0.05) is 43.5 Å². The summed E-state index contributed by atoms with van der Waals surface area (Å²) in [5.74, 6) is 1.01. The first kappa shape index (κ1) is 24.0. The molecular weight excluding hydrogens is 430 g/mol. The molecule has 35 heavy (non-hydrogen) atoms. The highest BCUT2D eigenvalue weighted by atomic mass is 16.5. The normalized spacial score (nSPS) is 15.3. The SMILES string of the molecule is C=C/C=C\N(C1=C(C(=C)NC2=CC=C(OC)CC2)CCC=C1)c1ccc(Nc2ccccc2)cc1. The van der Waals surface area contributed by atoms with Gasteiger partial charge in [0.1, 0.15) is 0 Å². The zero-order chi connectivity index (χ0) is 24.5. The molecule has 178 valence electrons. The maximum atomic E-state index is 5.36. The Hall–Kier alpha value is -4.18. The van der Waals surface area contributed by atoms with Crippen LogP contribution in [0, 0.1) is 0 Å². The number of hydrogen-bond donors (Lipinski definition) is 2. The first-order chi connectivity index (χ1) is 17.2. The second kappa shape index (κ2) is 11.8. The third kappa shape index (κ3) is 6.24. The molecule has 2 aromatic carbocycles. The van der Waals surface area contributed by atoms with E-state index in [1.165, 1.54) is 5.57 Å². The number of ether oxygens (including phenoxy) is 1. The summed E-state index contributed by atoms with van der Waals surface area (Å²) in [6.07, 6.45) is 18.1. The van der Waals surface area contributed by atoms with E-state index in [4.69, 9.17) is 4.74 Å². The molecule has 0 heterocycles. The van der Waals surface area contributed by atoms with Crippen molar-refractivity contribution in [2.45, 2.75) is 25.7 Å². The van der Waals surface area contributed by atoms with Crippen LogP contribution >= 0.6 is 0 Å². The third-order valence-corrected chi connectivity index (χ3v) is 6.03. The van der Waals surface area contributed by atoms with Gasteiger partial charge in [0.2, 0.25) is 0 Å². The van der Waals surface area contributed by atoms with Crippen molar-refractivity contribution in [1.82, 2.24) is 5.32 Å². The average Bonchev–Trinajstić information content (AvgIpc) is 2.91. The molecule has 0 saturated carbocycles. The highest BCUT2D eigenvalue weighted by Gasteiger charge is 2.19. The third-order valence-electron chi connectivity index (χ3n) is 6.03. The first-order valence-electron chi connectivity index (χ1n) is 12.0. The van der Waals surface area contributed by atoms with Crippen LogP contribution in [-0.2, 0) is 4.74 Å². The van der Waals surface area contributed by atoms with Gasteiger partial charge in [0, 0.05) is 41.1 Å². The molecule has 2 aromatic rings. The van der Waals surface area contributed by atoms with Crippen molar-refractivity contribution >= 4 is 17.1 Å². The van der Waals surface area contributed by atoms with E-state index in [-0.39, 0.29) is 0 Å². The lowest BCUT2D eigenvalue weighted by molar-refractivity contribution is 0.275. The highest BCUT2D eigenvalue weighted by molar-refractivity contribution is 5.67. The Morgan fingerprint density at radius 3 is 2.43 bits per heavy atom. The van der Waals surface area contributed by atoms with E-state index in [0.29, 0.717) is 0 Å². The Morgan fingerprint density at radius 2 is 1.74 bits per heavy atom. The molecule has 0 unspecified atom stereocenters. The van der Waals surface area contributed by atoms with Crippen LogP contribution in [0.15, 0.2) is 139 Å². The molecule has 0 bridgehead atoms. The van der Waals surface area contributed by atoms with E-state index in [9.17, 15) is 0 Å². The molecule has 0 radical (unpaired) electrons. The lowest BCUT2D eigenvalue weighted by Crippen LogP contribution is -2.22. The molecule has 4 heteroatoms. The van der Waals surface area contributed by atoms with Gasteiger partial charge in [-0.15, -0.1) is 0 Å². The minimum absolute atomic E-state index is 0.895. The van der Waals surface area contributed by atoms with Crippen LogP contribution < -0.4 is 15.5 Å². The van der Waals surface area contributed by atoms with Crippen molar-refractivity contribution in [2.24, 2.45) is 0 Å². The minimum Gasteiger partial charge on any atom is -0.501 e. The van der Waals surface area contributed by atoms with Crippen LogP contribution in [0.4, 0.5) is 17.1 Å². The number of para-hydroxylation sites is 1. The predicted molar refractivity (Wildman–Crippen MR) is 148 cm³/mol. The summed E-state index contributed by atoms with van der Waals surface area (Å²) in [5.41, 5.74) is 7.58. The Bertz CT molecular complexity index is 1200. The number of benzene rings is 2. The summed E-state index contributed by atoms with van der Waals surface area (Å²) >= 11 is 0. The summed E-state index contributed by atoms with van der Waals surface area (Å²) in [6.45, 7) is 8.27. The molecule has 2 aliphatic rings. The van der Waals surface area contributed by atoms with E-state index in [0.717, 1.165) is 65.6 Å². The number of allylic oxidation sites excluding steroid dienone is 9. The van der Waals surface area contributed by atoms with Crippen molar-refractivity contribution < 1.29 is 4.74 Å². The summed E-state index contributed by atoms with van der Waals surface area (Å²) in [5, 5.41) is 7.01. The van der Waals surface area contributed by atoms with Crippen molar-refractivity contribution in [2.75, 3.05) is 17.3 Å². The Kier molecular flexibility index (Phi) is 8.08. The summed E-state index contributed by atoms with van der Waals surface area (Å²) in [4.78, 5) is 2.20. The molecule has 0 atom stereocenters. The Morgan fingerprint density at radius 1 is 0.971 bits per heavy atom. The van der Waals surface area contributed by atoms with E-state index in [1.54, 1.807) is 13.2 Å². The fraction of sp³-hybridized carbons (Fsp3) is 0.161. The number of methoxy groups -OCH3 is 1. The van der Waals surface area contributed by atoms with Crippen molar-refractivity contribution in [3.8, 4) is 0 Å². The largest absolute Gasteiger partial charge is 0.501 e. The van der Waals surface area contributed by atoms with Crippen LogP contribution in [-0.4, -0.2) is 7.11 Å². The van der Waals surface area contributed by atoms with E-state index >= 15 is 0 Å². The number of hydrogen-bond acceptors (Lipinski definition) is 4. The maximum Gasteiger partial charge on any atom is 0.0959 e. The van der Waals surface area contributed by atoms with Gasteiger partial charge >= 0.3 is 0 Å². The Balaban J connectivity index is 1.60. The van der Waals surface area contributed by atoms with Crippen LogP contribution in [0.25, 0.3) is 0 Å². The van der Waals surface area contributed by atoms with Crippen LogP contribution in [0.5, 0.6) is 0 Å². The molecule has 0 amide bonds. The topological polar surface area (TPSA) is 36.5 Å². The molecule has 2 aliphatic carbocycles. The molecule has 4 rings (SSSR count).